The number of aliphatic hydroxyl groups excluding tert-OH is 1. The molecule has 1 aromatic rings. The number of nitrogens with one attached hydrogen (secondary N) is 1. The Morgan fingerprint density at radius 2 is 2.32 bits per heavy atom. The van der Waals surface area contributed by atoms with Gasteiger partial charge in [0.25, 0.3) is 0 Å². The molecule has 22 heavy (non-hydrogen) atoms. The fraction of sp³-hybridized carbons (Fsp3) is 0.562. The van der Waals surface area contributed by atoms with Gasteiger partial charge in [-0.3, -0.25) is 4.79 Å². The Balaban J connectivity index is 1.71. The van der Waals surface area contributed by atoms with E-state index in [9.17, 15) is 4.79 Å². The van der Waals surface area contributed by atoms with E-state index in [1.54, 1.807) is 6.08 Å². The number of thioether (sulfide) groups is 1. The Labute approximate surface area is 140 Å². The smallest absolute Gasteiger partial charge is 0.244 e. The van der Waals surface area contributed by atoms with E-state index in [1.807, 2.05) is 29.3 Å². The van der Waals surface area contributed by atoms with Crippen LogP contribution in [0.3, 0.4) is 0 Å². The zero-order chi connectivity index (χ0) is 15.8. The van der Waals surface area contributed by atoms with E-state index in [4.69, 9.17) is 5.11 Å². The first-order valence-electron chi connectivity index (χ1n) is 7.59. The number of amides is 1. The third kappa shape index (κ3) is 5.76. The van der Waals surface area contributed by atoms with Crippen LogP contribution in [0.5, 0.6) is 0 Å². The lowest BCUT2D eigenvalue weighted by Gasteiger charge is -2.31. The van der Waals surface area contributed by atoms with Crippen LogP contribution in [0.25, 0.3) is 6.08 Å². The number of carbonyl (C=O) groups excluding carboxylic acids is 1. The predicted octanol–water partition coefficient (Wildman–Crippen LogP) is 2.20. The molecule has 0 aromatic carbocycles. The monoisotopic (exact) mass is 340 g/mol. The topological polar surface area (TPSA) is 52.6 Å². The third-order valence-corrected chi connectivity index (χ3v) is 5.34. The minimum Gasteiger partial charge on any atom is -0.392 e. The molecule has 1 saturated heterocycles. The van der Waals surface area contributed by atoms with Crippen molar-refractivity contribution in [2.45, 2.75) is 25.5 Å². The number of thiophene rings is 1. The molecule has 1 aromatic heterocycles. The molecule has 2 rings (SSSR count). The lowest BCUT2D eigenvalue weighted by molar-refractivity contribution is -0.117. The van der Waals surface area contributed by atoms with Crippen molar-refractivity contribution in [3.05, 3.63) is 28.0 Å². The maximum Gasteiger partial charge on any atom is 0.244 e. The summed E-state index contributed by atoms with van der Waals surface area (Å²) in [5.74, 6) is 1.15. The quantitative estimate of drug-likeness (QED) is 0.747. The van der Waals surface area contributed by atoms with Gasteiger partial charge in [-0.25, -0.2) is 0 Å². The Hall–Kier alpha value is -0.820. The molecule has 6 heteroatoms. The molecule has 1 aliphatic rings. The summed E-state index contributed by atoms with van der Waals surface area (Å²) in [6.45, 7) is 3.33. The Morgan fingerprint density at radius 1 is 1.55 bits per heavy atom. The van der Waals surface area contributed by atoms with Crippen LogP contribution in [-0.4, -0.2) is 53.6 Å². The highest BCUT2D eigenvalue weighted by Gasteiger charge is 2.19. The van der Waals surface area contributed by atoms with Crippen molar-refractivity contribution >= 4 is 35.1 Å². The molecule has 4 nitrogen and oxygen atoms in total. The van der Waals surface area contributed by atoms with Crippen molar-refractivity contribution in [2.24, 2.45) is 0 Å². The molecule has 0 aliphatic carbocycles. The van der Waals surface area contributed by atoms with Gasteiger partial charge in [-0.1, -0.05) is 0 Å². The minimum atomic E-state index is -0.0264. The first-order chi connectivity index (χ1) is 10.7. The molecule has 122 valence electrons. The summed E-state index contributed by atoms with van der Waals surface area (Å²) in [4.78, 5) is 15.4. The van der Waals surface area contributed by atoms with E-state index in [2.05, 4.69) is 16.5 Å². The molecule has 0 atom stereocenters. The number of hydrogen-bond donors (Lipinski definition) is 2. The van der Waals surface area contributed by atoms with E-state index in [-0.39, 0.29) is 12.5 Å². The number of hydrogen-bond acceptors (Lipinski definition) is 5. The van der Waals surface area contributed by atoms with Gasteiger partial charge in [0, 0.05) is 42.4 Å². The van der Waals surface area contributed by atoms with Gasteiger partial charge < -0.3 is 15.3 Å². The minimum absolute atomic E-state index is 0.0264. The number of nitrogens with zero attached hydrogens (tertiary/aromatic N) is 1. The molecule has 1 fully saturated rings. The van der Waals surface area contributed by atoms with Crippen molar-refractivity contribution in [3.63, 3.8) is 0 Å². The molecule has 0 bridgehead atoms. The summed E-state index contributed by atoms with van der Waals surface area (Å²) in [6, 6.07) is 2.19. The van der Waals surface area contributed by atoms with Crippen LogP contribution < -0.4 is 5.32 Å². The summed E-state index contributed by atoms with van der Waals surface area (Å²) < 4.78 is 0. The van der Waals surface area contributed by atoms with Crippen molar-refractivity contribution in [2.75, 3.05) is 31.6 Å². The number of carbonyl (C=O) groups is 1. The van der Waals surface area contributed by atoms with Gasteiger partial charge >= 0.3 is 0 Å². The van der Waals surface area contributed by atoms with E-state index in [0.29, 0.717) is 6.04 Å². The summed E-state index contributed by atoms with van der Waals surface area (Å²) in [5.41, 5.74) is 0.891. The van der Waals surface area contributed by atoms with Crippen molar-refractivity contribution < 1.29 is 9.90 Å². The average molecular weight is 341 g/mol. The third-order valence-electron chi connectivity index (χ3n) is 3.80. The Kier molecular flexibility index (Phi) is 7.45. The molecule has 1 aliphatic heterocycles. The number of rotatable bonds is 7. The fourth-order valence-corrected chi connectivity index (χ4v) is 3.73. The summed E-state index contributed by atoms with van der Waals surface area (Å²) >= 11 is 3.41. The fourth-order valence-electron chi connectivity index (χ4n) is 2.49. The summed E-state index contributed by atoms with van der Waals surface area (Å²) in [6.07, 6.45) is 7.60. The highest BCUT2D eigenvalue weighted by Crippen LogP contribution is 2.16. The van der Waals surface area contributed by atoms with Crippen LogP contribution >= 0.6 is 23.1 Å². The SMILES string of the molecule is CSCCN1CCC(NC(=O)/C=C/c2cc(CO)cs2)CC1. The molecule has 0 saturated carbocycles. The zero-order valence-electron chi connectivity index (χ0n) is 13.0. The van der Waals surface area contributed by atoms with Crippen LogP contribution in [0, 0.1) is 0 Å². The lowest BCUT2D eigenvalue weighted by atomic mass is 10.1. The lowest BCUT2D eigenvalue weighted by Crippen LogP contribution is -2.44. The maximum atomic E-state index is 12.0. The van der Waals surface area contributed by atoms with Gasteiger partial charge in [-0.15, -0.1) is 11.3 Å². The standard InChI is InChI=1S/C16H24N2O2S2/c1-21-9-8-18-6-4-14(5-7-18)17-16(20)3-2-15-10-13(11-19)12-22-15/h2-3,10,12,14,19H,4-9,11H2,1H3,(H,17,20)/b3-2+. The molecule has 0 unspecified atom stereocenters. The van der Waals surface area contributed by atoms with Crippen LogP contribution in [0.2, 0.25) is 0 Å². The van der Waals surface area contributed by atoms with E-state index in [0.717, 1.165) is 42.9 Å². The molecule has 0 spiro atoms. The van der Waals surface area contributed by atoms with Crippen molar-refractivity contribution in [1.29, 1.82) is 0 Å². The van der Waals surface area contributed by atoms with E-state index >= 15 is 0 Å². The maximum absolute atomic E-state index is 12.0. The second-order valence-electron chi connectivity index (χ2n) is 5.47. The van der Waals surface area contributed by atoms with Crippen LogP contribution in [-0.2, 0) is 11.4 Å². The molecule has 1 amide bonds. The van der Waals surface area contributed by atoms with Crippen molar-refractivity contribution in [3.8, 4) is 0 Å². The first kappa shape index (κ1) is 17.5. The Bertz CT molecular complexity index is 494. The molecule has 2 N–H and O–H groups in total. The van der Waals surface area contributed by atoms with E-state index < -0.39 is 0 Å². The van der Waals surface area contributed by atoms with Gasteiger partial charge in [-0.2, -0.15) is 11.8 Å². The van der Waals surface area contributed by atoms with Crippen LogP contribution in [0.4, 0.5) is 0 Å². The first-order valence-corrected chi connectivity index (χ1v) is 9.86. The summed E-state index contributed by atoms with van der Waals surface area (Å²) in [7, 11) is 0. The van der Waals surface area contributed by atoms with Gasteiger partial charge in [0.2, 0.25) is 5.91 Å². The van der Waals surface area contributed by atoms with Crippen LogP contribution in [0.15, 0.2) is 17.5 Å². The summed E-state index contributed by atoms with van der Waals surface area (Å²) in [5, 5.41) is 14.0. The highest BCUT2D eigenvalue weighted by molar-refractivity contribution is 7.98. The van der Waals surface area contributed by atoms with E-state index in [1.165, 1.54) is 17.1 Å². The zero-order valence-corrected chi connectivity index (χ0v) is 14.6. The normalized spacial score (nSPS) is 17.2. The molecular weight excluding hydrogens is 316 g/mol. The van der Waals surface area contributed by atoms with Crippen molar-refractivity contribution in [1.82, 2.24) is 10.2 Å². The number of likely N-dealkylation sites (tertiary alicyclic amines) is 1. The molecular formula is C16H24N2O2S2. The van der Waals surface area contributed by atoms with Gasteiger partial charge in [0.1, 0.15) is 0 Å². The molecule has 2 heterocycles. The highest BCUT2D eigenvalue weighted by atomic mass is 32.2. The van der Waals surface area contributed by atoms with Crippen LogP contribution in [0.1, 0.15) is 23.3 Å². The van der Waals surface area contributed by atoms with Gasteiger partial charge in [0.15, 0.2) is 0 Å². The van der Waals surface area contributed by atoms with Gasteiger partial charge in [0.05, 0.1) is 6.61 Å². The number of aliphatic hydroxyl groups is 1. The predicted molar refractivity (Wildman–Crippen MR) is 95.3 cm³/mol. The Morgan fingerprint density at radius 3 is 2.95 bits per heavy atom. The van der Waals surface area contributed by atoms with Gasteiger partial charge in [-0.05, 0) is 42.2 Å². The second-order valence-corrected chi connectivity index (χ2v) is 7.39. The second kappa shape index (κ2) is 9.35. The largest absolute Gasteiger partial charge is 0.392 e. The average Bonchev–Trinajstić information content (AvgIpc) is 3.00. The molecule has 0 radical (unpaired) electrons. The number of piperidine rings is 1.